The molecule has 0 fully saturated rings. The molecule has 0 amide bonds. The second kappa shape index (κ2) is 10.3. The highest BCUT2D eigenvalue weighted by molar-refractivity contribution is 6.31. The number of hydrogen-bond donors (Lipinski definition) is 0. The van der Waals surface area contributed by atoms with Crippen LogP contribution < -0.4 is 4.90 Å². The fraction of sp³-hybridized carbons (Fsp3) is 0. The number of rotatable bonds is 5. The molecule has 5 nitrogen and oxygen atoms in total. The number of oxazole rings is 1. The van der Waals surface area contributed by atoms with Gasteiger partial charge in [-0.1, -0.05) is 91.0 Å². The summed E-state index contributed by atoms with van der Waals surface area (Å²) in [6, 6.07) is 57.2. The van der Waals surface area contributed by atoms with Crippen LogP contribution >= 0.6 is 0 Å². The van der Waals surface area contributed by atoms with Gasteiger partial charge in [0.1, 0.15) is 16.7 Å². The second-order valence-electron chi connectivity index (χ2n) is 12.7. The zero-order valence-corrected chi connectivity index (χ0v) is 26.7. The predicted molar refractivity (Wildman–Crippen MR) is 204 cm³/mol. The molecule has 0 radical (unpaired) electrons. The molecule has 11 rings (SSSR count). The van der Waals surface area contributed by atoms with Crippen LogP contribution in [0, 0.1) is 0 Å². The van der Waals surface area contributed by atoms with Gasteiger partial charge in [0.25, 0.3) is 0 Å². The largest absolute Gasteiger partial charge is 0.456 e. The summed E-state index contributed by atoms with van der Waals surface area (Å²) in [5.74, 6) is 0.583. The predicted octanol–water partition coefficient (Wildman–Crippen LogP) is 12.6. The van der Waals surface area contributed by atoms with Crippen molar-refractivity contribution in [1.29, 1.82) is 0 Å². The Hall–Kier alpha value is -6.85. The van der Waals surface area contributed by atoms with E-state index in [0.29, 0.717) is 5.89 Å². The Morgan fingerprint density at radius 2 is 1.12 bits per heavy atom. The fourth-order valence-electron chi connectivity index (χ4n) is 7.89. The van der Waals surface area contributed by atoms with Crippen molar-refractivity contribution in [3.63, 3.8) is 0 Å². The highest BCUT2D eigenvalue weighted by Gasteiger charge is 2.24. The van der Waals surface area contributed by atoms with Gasteiger partial charge >= 0.3 is 0 Å². The van der Waals surface area contributed by atoms with Gasteiger partial charge < -0.3 is 18.3 Å². The van der Waals surface area contributed by atoms with Crippen LogP contribution in [0.1, 0.15) is 0 Å². The fourth-order valence-corrected chi connectivity index (χ4v) is 7.89. The highest BCUT2D eigenvalue weighted by Crippen LogP contribution is 2.46. The maximum atomic E-state index is 6.69. The summed E-state index contributed by atoms with van der Waals surface area (Å²) in [4.78, 5) is 7.50. The molecule has 0 aliphatic carbocycles. The average Bonchev–Trinajstić information content (AvgIpc) is 3.89. The quantitative estimate of drug-likeness (QED) is 0.175. The number of para-hydroxylation sites is 3. The molecule has 0 saturated carbocycles. The van der Waals surface area contributed by atoms with Crippen molar-refractivity contribution in [1.82, 2.24) is 9.55 Å². The molecule has 50 heavy (non-hydrogen) atoms. The zero-order valence-electron chi connectivity index (χ0n) is 26.7. The molecular formula is C45H27N3O2. The summed E-state index contributed by atoms with van der Waals surface area (Å²) < 4.78 is 15.3. The third-order valence-corrected chi connectivity index (χ3v) is 9.95. The van der Waals surface area contributed by atoms with E-state index < -0.39 is 0 Å². The Morgan fingerprint density at radius 3 is 1.96 bits per heavy atom. The van der Waals surface area contributed by atoms with E-state index >= 15 is 0 Å². The molecule has 0 spiro atoms. The molecule has 8 aromatic carbocycles. The lowest BCUT2D eigenvalue weighted by molar-refractivity contribution is 0.623. The first kappa shape index (κ1) is 27.1. The van der Waals surface area contributed by atoms with Crippen molar-refractivity contribution >= 4 is 82.7 Å². The van der Waals surface area contributed by atoms with Gasteiger partial charge in [0, 0.05) is 54.9 Å². The molecule has 0 aliphatic rings. The minimum Gasteiger partial charge on any atom is -0.456 e. The van der Waals surface area contributed by atoms with Crippen molar-refractivity contribution < 1.29 is 8.83 Å². The van der Waals surface area contributed by atoms with Crippen LogP contribution in [0.4, 0.5) is 17.1 Å². The van der Waals surface area contributed by atoms with E-state index in [-0.39, 0.29) is 0 Å². The minimum absolute atomic E-state index is 0.583. The van der Waals surface area contributed by atoms with E-state index in [1.54, 1.807) is 0 Å². The van der Waals surface area contributed by atoms with Crippen LogP contribution in [0.5, 0.6) is 0 Å². The number of furan rings is 1. The van der Waals surface area contributed by atoms with Crippen molar-refractivity contribution in [3.8, 4) is 17.1 Å². The maximum Gasteiger partial charge on any atom is 0.227 e. The van der Waals surface area contributed by atoms with E-state index in [0.717, 1.165) is 77.6 Å². The number of benzene rings is 8. The van der Waals surface area contributed by atoms with Gasteiger partial charge in [0.2, 0.25) is 5.89 Å². The van der Waals surface area contributed by atoms with E-state index in [9.17, 15) is 0 Å². The van der Waals surface area contributed by atoms with Gasteiger partial charge in [-0.15, -0.1) is 0 Å². The second-order valence-corrected chi connectivity index (χ2v) is 12.7. The van der Waals surface area contributed by atoms with Gasteiger partial charge in [-0.3, -0.25) is 0 Å². The van der Waals surface area contributed by atoms with E-state index in [1.165, 1.54) is 16.3 Å². The highest BCUT2D eigenvalue weighted by atomic mass is 16.3. The third kappa shape index (κ3) is 3.80. The van der Waals surface area contributed by atoms with Gasteiger partial charge in [0.15, 0.2) is 5.58 Å². The summed E-state index contributed by atoms with van der Waals surface area (Å²) in [7, 11) is 0. The maximum absolute atomic E-state index is 6.69. The first-order chi connectivity index (χ1) is 24.8. The molecule has 0 aliphatic heterocycles. The third-order valence-electron chi connectivity index (χ3n) is 9.95. The number of fused-ring (bicyclic) bond motifs is 6. The number of anilines is 3. The molecule has 0 unspecified atom stereocenters. The summed E-state index contributed by atoms with van der Waals surface area (Å²) in [5.41, 5.74) is 10.8. The molecule has 0 saturated heterocycles. The number of hydrogen-bond acceptors (Lipinski definition) is 4. The summed E-state index contributed by atoms with van der Waals surface area (Å²) in [6.45, 7) is 0. The lowest BCUT2D eigenvalue weighted by Crippen LogP contribution is -2.10. The van der Waals surface area contributed by atoms with Gasteiger partial charge in [0.05, 0.1) is 16.7 Å². The van der Waals surface area contributed by atoms with Crippen molar-refractivity contribution in [2.75, 3.05) is 4.90 Å². The lowest BCUT2D eigenvalue weighted by atomic mass is 10.0. The van der Waals surface area contributed by atoms with Crippen LogP contribution in [0.2, 0.25) is 0 Å². The Labute approximate surface area is 286 Å². The Bertz CT molecular complexity index is 2960. The van der Waals surface area contributed by atoms with E-state index in [4.69, 9.17) is 13.8 Å². The topological polar surface area (TPSA) is 47.3 Å². The Balaban J connectivity index is 1.15. The van der Waals surface area contributed by atoms with Crippen molar-refractivity contribution in [3.05, 3.63) is 164 Å². The number of aromatic nitrogens is 2. The van der Waals surface area contributed by atoms with Crippen LogP contribution in [0.15, 0.2) is 173 Å². The molecule has 3 heterocycles. The standard InChI is InChI=1S/C45H27N3O2/c1-3-14-29(15-4-1)47(36-23-12-24-37-40(36)32-19-7-8-22-35(32)48(37)30-16-5-2-6-17-30)31-18-9-13-28(27-31)45-46-43-33-20-10-25-38-41(33)42-34(44(43)50-45)21-11-26-39(42)49-38/h1-27H. The van der Waals surface area contributed by atoms with E-state index in [2.05, 4.69) is 149 Å². The summed E-state index contributed by atoms with van der Waals surface area (Å²) >= 11 is 0. The number of nitrogens with zero attached hydrogens (tertiary/aromatic N) is 3. The first-order valence-corrected chi connectivity index (χ1v) is 16.8. The van der Waals surface area contributed by atoms with Gasteiger partial charge in [-0.2, -0.15) is 0 Å². The Kier molecular flexibility index (Phi) is 5.60. The molecule has 5 heteroatoms. The zero-order chi connectivity index (χ0) is 32.8. The van der Waals surface area contributed by atoms with Crippen molar-refractivity contribution in [2.24, 2.45) is 0 Å². The monoisotopic (exact) mass is 641 g/mol. The first-order valence-electron chi connectivity index (χ1n) is 16.8. The summed E-state index contributed by atoms with van der Waals surface area (Å²) in [6.07, 6.45) is 0. The average molecular weight is 642 g/mol. The molecule has 11 aromatic rings. The molecule has 0 bridgehead atoms. The van der Waals surface area contributed by atoms with Crippen LogP contribution in [-0.4, -0.2) is 9.55 Å². The Morgan fingerprint density at radius 1 is 0.480 bits per heavy atom. The van der Waals surface area contributed by atoms with Gasteiger partial charge in [-0.25, -0.2) is 4.98 Å². The molecule has 3 aromatic heterocycles. The van der Waals surface area contributed by atoms with Crippen LogP contribution in [0.3, 0.4) is 0 Å². The van der Waals surface area contributed by atoms with Crippen LogP contribution in [0.25, 0.3) is 82.8 Å². The minimum atomic E-state index is 0.583. The van der Waals surface area contributed by atoms with Crippen molar-refractivity contribution in [2.45, 2.75) is 0 Å². The normalized spacial score (nSPS) is 12.0. The lowest BCUT2D eigenvalue weighted by Gasteiger charge is -2.26. The molecule has 0 N–H and O–H groups in total. The smallest absolute Gasteiger partial charge is 0.227 e. The summed E-state index contributed by atoms with van der Waals surface area (Å²) in [5, 5.41) is 6.60. The molecule has 234 valence electrons. The SMILES string of the molecule is c1ccc(N(c2cccc(-c3nc4c5cccc6oc7cccc(c4o3)c7c65)c2)c2cccc3c2c2ccccc2n3-c2ccccc2)cc1. The molecule has 0 atom stereocenters. The van der Waals surface area contributed by atoms with Gasteiger partial charge in [-0.05, 0) is 72.8 Å². The van der Waals surface area contributed by atoms with Crippen LogP contribution in [-0.2, 0) is 0 Å². The van der Waals surface area contributed by atoms with E-state index in [1.807, 2.05) is 24.3 Å². The molecular weight excluding hydrogens is 615 g/mol.